The van der Waals surface area contributed by atoms with Crippen molar-refractivity contribution in [3.8, 4) is 0 Å². The van der Waals surface area contributed by atoms with Crippen molar-refractivity contribution in [1.29, 1.82) is 0 Å². The number of anilines is 1. The van der Waals surface area contributed by atoms with Gasteiger partial charge in [-0.2, -0.15) is 0 Å². The third-order valence-corrected chi connectivity index (χ3v) is 6.30. The van der Waals surface area contributed by atoms with Crippen molar-refractivity contribution in [3.63, 3.8) is 0 Å². The number of rotatable bonds is 7. The average Bonchev–Trinajstić information content (AvgIpc) is 3.06. The van der Waals surface area contributed by atoms with Crippen LogP contribution < -0.4 is 10.6 Å². The lowest BCUT2D eigenvalue weighted by Crippen LogP contribution is -2.25. The summed E-state index contributed by atoms with van der Waals surface area (Å²) in [4.78, 5) is 28.6. The topological polar surface area (TPSA) is 105 Å². The molecular weight excluding hydrogens is 434 g/mol. The van der Waals surface area contributed by atoms with E-state index in [0.717, 1.165) is 6.26 Å². The largest absolute Gasteiger partial charge is 0.352 e. The molecule has 3 aromatic rings. The molecule has 0 aliphatic heterocycles. The Morgan fingerprint density at radius 3 is 2.55 bits per heavy atom. The SMILES string of the molecule is CS(=O)(=O)c1ccc2nc(NC(=O)CCCNC(=O)c3ccc(Cl)cc3)sc2c1. The molecule has 0 atom stereocenters. The Balaban J connectivity index is 1.49. The maximum Gasteiger partial charge on any atom is 0.251 e. The van der Waals surface area contributed by atoms with E-state index in [2.05, 4.69) is 15.6 Å². The van der Waals surface area contributed by atoms with E-state index in [1.165, 1.54) is 17.4 Å². The highest BCUT2D eigenvalue weighted by Crippen LogP contribution is 2.28. The lowest BCUT2D eigenvalue weighted by Gasteiger charge is -2.05. The summed E-state index contributed by atoms with van der Waals surface area (Å²) < 4.78 is 24.0. The highest BCUT2D eigenvalue weighted by molar-refractivity contribution is 7.90. The van der Waals surface area contributed by atoms with Gasteiger partial charge in [0, 0.05) is 29.8 Å². The predicted octanol–water partition coefficient (Wildman–Crippen LogP) is 3.50. The third kappa shape index (κ3) is 5.75. The summed E-state index contributed by atoms with van der Waals surface area (Å²) in [6.45, 7) is 0.354. The van der Waals surface area contributed by atoms with E-state index in [9.17, 15) is 18.0 Å². The Hall–Kier alpha value is -2.49. The Kier molecular flexibility index (Phi) is 6.51. The van der Waals surface area contributed by atoms with E-state index in [0.29, 0.717) is 38.9 Å². The third-order valence-electron chi connectivity index (χ3n) is 4.01. The van der Waals surface area contributed by atoms with Crippen molar-refractivity contribution >= 4 is 59.9 Å². The van der Waals surface area contributed by atoms with Gasteiger partial charge in [-0.1, -0.05) is 22.9 Å². The van der Waals surface area contributed by atoms with E-state index in [1.807, 2.05) is 0 Å². The van der Waals surface area contributed by atoms with Gasteiger partial charge in [-0.15, -0.1) is 0 Å². The number of aromatic nitrogens is 1. The number of hydrogen-bond acceptors (Lipinski definition) is 6. The number of halogens is 1. The first kappa shape index (κ1) is 21.2. The van der Waals surface area contributed by atoms with Gasteiger partial charge in [0.2, 0.25) is 5.91 Å². The summed E-state index contributed by atoms with van der Waals surface area (Å²) in [5, 5.41) is 6.41. The van der Waals surface area contributed by atoms with Gasteiger partial charge in [-0.25, -0.2) is 13.4 Å². The average molecular weight is 452 g/mol. The molecule has 0 bridgehead atoms. The molecule has 152 valence electrons. The number of carbonyl (C=O) groups is 2. The van der Waals surface area contributed by atoms with E-state index < -0.39 is 9.84 Å². The minimum atomic E-state index is -3.30. The molecule has 29 heavy (non-hydrogen) atoms. The normalized spacial score (nSPS) is 11.4. The smallest absolute Gasteiger partial charge is 0.251 e. The minimum Gasteiger partial charge on any atom is -0.352 e. The van der Waals surface area contributed by atoms with Gasteiger partial charge < -0.3 is 10.6 Å². The van der Waals surface area contributed by atoms with Gasteiger partial charge in [0.05, 0.1) is 15.1 Å². The zero-order chi connectivity index (χ0) is 21.0. The molecule has 0 radical (unpaired) electrons. The fourth-order valence-electron chi connectivity index (χ4n) is 2.53. The molecule has 2 amide bonds. The summed E-state index contributed by atoms with van der Waals surface area (Å²) in [6.07, 6.45) is 1.82. The highest BCUT2D eigenvalue weighted by Gasteiger charge is 2.12. The van der Waals surface area contributed by atoms with Crippen LogP contribution in [0.15, 0.2) is 47.4 Å². The summed E-state index contributed by atoms with van der Waals surface area (Å²) in [5.41, 5.74) is 1.12. The van der Waals surface area contributed by atoms with Crippen LogP contribution >= 0.6 is 22.9 Å². The molecule has 0 saturated carbocycles. The van der Waals surface area contributed by atoms with E-state index in [4.69, 9.17) is 11.6 Å². The molecule has 2 aromatic carbocycles. The van der Waals surface area contributed by atoms with E-state index in [-0.39, 0.29) is 23.1 Å². The quantitative estimate of drug-likeness (QED) is 0.535. The first-order chi connectivity index (χ1) is 13.7. The predicted molar refractivity (Wildman–Crippen MR) is 114 cm³/mol. The van der Waals surface area contributed by atoms with Crippen LogP contribution in [-0.2, 0) is 14.6 Å². The van der Waals surface area contributed by atoms with Crippen molar-refractivity contribution in [3.05, 3.63) is 53.1 Å². The molecule has 3 rings (SSSR count). The maximum absolute atomic E-state index is 12.1. The molecule has 1 aromatic heterocycles. The molecule has 0 spiro atoms. The van der Waals surface area contributed by atoms with Crippen LogP contribution in [0, 0.1) is 0 Å². The minimum absolute atomic E-state index is 0.211. The summed E-state index contributed by atoms with van der Waals surface area (Å²) >= 11 is 7.00. The van der Waals surface area contributed by atoms with Crippen molar-refractivity contribution in [1.82, 2.24) is 10.3 Å². The van der Waals surface area contributed by atoms with Crippen LogP contribution in [0.2, 0.25) is 5.02 Å². The second kappa shape index (κ2) is 8.89. The highest BCUT2D eigenvalue weighted by atomic mass is 35.5. The van der Waals surface area contributed by atoms with Crippen LogP contribution in [0.4, 0.5) is 5.13 Å². The van der Waals surface area contributed by atoms with Crippen LogP contribution in [-0.4, -0.2) is 38.0 Å². The van der Waals surface area contributed by atoms with Crippen LogP contribution in [0.5, 0.6) is 0 Å². The number of nitrogens with one attached hydrogen (secondary N) is 2. The van der Waals surface area contributed by atoms with Gasteiger partial charge in [0.1, 0.15) is 0 Å². The monoisotopic (exact) mass is 451 g/mol. The Morgan fingerprint density at radius 2 is 1.86 bits per heavy atom. The van der Waals surface area contributed by atoms with Crippen LogP contribution in [0.3, 0.4) is 0 Å². The number of thiazole rings is 1. The summed E-state index contributed by atoms with van der Waals surface area (Å²) in [7, 11) is -3.30. The van der Waals surface area contributed by atoms with Crippen molar-refractivity contribution in [2.75, 3.05) is 18.1 Å². The number of hydrogen-bond donors (Lipinski definition) is 2. The van der Waals surface area contributed by atoms with Gasteiger partial charge in [0.25, 0.3) is 5.91 Å². The maximum atomic E-state index is 12.1. The van der Waals surface area contributed by atoms with Gasteiger partial charge in [-0.3, -0.25) is 9.59 Å². The molecule has 0 fully saturated rings. The Bertz CT molecular complexity index is 1160. The lowest BCUT2D eigenvalue weighted by molar-refractivity contribution is -0.116. The van der Waals surface area contributed by atoms with Gasteiger partial charge >= 0.3 is 0 Å². The summed E-state index contributed by atoms with van der Waals surface area (Å²) in [6, 6.07) is 11.2. The Morgan fingerprint density at radius 1 is 1.14 bits per heavy atom. The second-order valence-corrected chi connectivity index (χ2v) is 9.82. The van der Waals surface area contributed by atoms with Crippen molar-refractivity contribution < 1.29 is 18.0 Å². The van der Waals surface area contributed by atoms with Crippen LogP contribution in [0.25, 0.3) is 10.2 Å². The number of fused-ring (bicyclic) bond motifs is 1. The number of nitrogens with zero attached hydrogens (tertiary/aromatic N) is 1. The van der Waals surface area contributed by atoms with E-state index >= 15 is 0 Å². The molecule has 0 aliphatic carbocycles. The number of carbonyl (C=O) groups excluding carboxylic acids is 2. The molecule has 1 heterocycles. The number of sulfone groups is 1. The molecule has 2 N–H and O–H groups in total. The zero-order valence-corrected chi connectivity index (χ0v) is 17.8. The van der Waals surface area contributed by atoms with E-state index in [1.54, 1.807) is 36.4 Å². The lowest BCUT2D eigenvalue weighted by atomic mass is 10.2. The standard InChI is InChI=1S/C19H18ClN3O4S2/c1-29(26,27)14-8-9-15-16(11-14)28-19(22-15)23-17(24)3-2-10-21-18(25)12-4-6-13(20)7-5-12/h4-9,11H,2-3,10H2,1H3,(H,21,25)(H,22,23,24). The Labute approximate surface area is 177 Å². The molecule has 10 heteroatoms. The fourth-order valence-corrected chi connectivity index (χ4v) is 4.29. The second-order valence-electron chi connectivity index (χ2n) is 6.34. The fraction of sp³-hybridized carbons (Fsp3) is 0.211. The zero-order valence-electron chi connectivity index (χ0n) is 15.4. The molecule has 0 saturated heterocycles. The van der Waals surface area contributed by atoms with Gasteiger partial charge in [0.15, 0.2) is 15.0 Å². The summed E-state index contributed by atoms with van der Waals surface area (Å²) in [5.74, 6) is -0.455. The molecular formula is C19H18ClN3O4S2. The molecule has 7 nitrogen and oxygen atoms in total. The molecule has 0 aliphatic rings. The van der Waals surface area contributed by atoms with Crippen molar-refractivity contribution in [2.24, 2.45) is 0 Å². The first-order valence-corrected chi connectivity index (χ1v) is 11.8. The first-order valence-electron chi connectivity index (χ1n) is 8.66. The number of amides is 2. The van der Waals surface area contributed by atoms with Crippen LogP contribution in [0.1, 0.15) is 23.2 Å². The van der Waals surface area contributed by atoms with Gasteiger partial charge in [-0.05, 0) is 48.9 Å². The number of benzene rings is 2. The van der Waals surface area contributed by atoms with Crippen molar-refractivity contribution in [2.45, 2.75) is 17.7 Å². The molecule has 0 unspecified atom stereocenters.